The summed E-state index contributed by atoms with van der Waals surface area (Å²) in [6.45, 7) is 36.5. The molecule has 538 valence electrons. The molecule has 13 atom stereocenters. The zero-order valence-electron chi connectivity index (χ0n) is 62.1. The van der Waals surface area contributed by atoms with Crippen LogP contribution in [0.25, 0.3) is 0 Å². The third-order valence-corrected chi connectivity index (χ3v) is 18.1. The lowest BCUT2D eigenvalue weighted by atomic mass is 9.82. The van der Waals surface area contributed by atoms with Gasteiger partial charge in [-0.25, -0.2) is 0 Å². The number of aliphatic hydroxyl groups is 1. The van der Waals surface area contributed by atoms with Crippen LogP contribution >= 0.6 is 0 Å². The van der Waals surface area contributed by atoms with E-state index in [4.69, 9.17) is 4.74 Å². The van der Waals surface area contributed by atoms with Crippen LogP contribution in [0.1, 0.15) is 227 Å². The molecule has 0 spiro atoms. The molecule has 0 aromatic carbocycles. The molecule has 1 saturated heterocycles. The van der Waals surface area contributed by atoms with Crippen molar-refractivity contribution in [3.8, 4) is 0 Å². The Labute approximate surface area is 566 Å². The Morgan fingerprint density at radius 3 is 1.60 bits per heavy atom. The molecular formula is C74H128N6O14. The minimum atomic E-state index is -1.39. The lowest BCUT2D eigenvalue weighted by molar-refractivity contribution is -0.148. The molecule has 6 amide bonds. The van der Waals surface area contributed by atoms with E-state index in [-0.39, 0.29) is 82.1 Å². The first-order valence-corrected chi connectivity index (χ1v) is 35.0. The van der Waals surface area contributed by atoms with E-state index in [9.17, 15) is 62.6 Å². The number of Topliss-reactive ketones (excluding diaryl/α,β-unsaturated/α-hetero) is 5. The molecule has 0 radical (unpaired) electrons. The van der Waals surface area contributed by atoms with Gasteiger partial charge in [-0.15, -0.1) is 6.58 Å². The number of hydrogen-bond donors (Lipinski definition) is 3. The number of allylic oxidation sites excluding steroid dienone is 3. The van der Waals surface area contributed by atoms with Crippen molar-refractivity contribution in [1.82, 2.24) is 30.2 Å². The van der Waals surface area contributed by atoms with Gasteiger partial charge in [0, 0.05) is 97.5 Å². The van der Waals surface area contributed by atoms with Gasteiger partial charge in [0.2, 0.25) is 35.4 Å². The number of amides is 6. The van der Waals surface area contributed by atoms with Gasteiger partial charge in [0.05, 0.1) is 42.3 Å². The van der Waals surface area contributed by atoms with Crippen LogP contribution in [0.5, 0.6) is 0 Å². The highest BCUT2D eigenvalue weighted by atomic mass is 16.5. The molecule has 0 aliphatic carbocycles. The summed E-state index contributed by atoms with van der Waals surface area (Å²) in [6, 6.07) is -6.75. The molecule has 0 unspecified atom stereocenters. The molecule has 20 nitrogen and oxygen atoms in total. The van der Waals surface area contributed by atoms with Gasteiger partial charge in [-0.1, -0.05) is 129 Å². The number of nitrogens with zero attached hydrogens (tertiary/aromatic N) is 4. The Morgan fingerprint density at radius 2 is 1.11 bits per heavy atom. The Balaban J connectivity index is 0.0000101. The van der Waals surface area contributed by atoms with Crippen molar-refractivity contribution in [2.75, 3.05) is 34.8 Å². The summed E-state index contributed by atoms with van der Waals surface area (Å²) in [5.74, 6) is -11.2. The maximum absolute atomic E-state index is 14.9. The number of carbonyl (C=O) groups excluding carboxylic acids is 12. The lowest BCUT2D eigenvalue weighted by Gasteiger charge is -2.36. The SMILES string of the molecule is C/C=C/C[C@@H](C)[C@@H](O)[C@@H]1CC(=O)[C@H](C(C)C)N(C)C(=O)[C@H](CC(C)C)CC(=O)[C@H](CC(C)C)N(C)C(=O)[C@@H](C)NC(=O)[C@H](C)CC(=O)[C@H](CC(C)C)N(C)C(=O)[C@H](C(C)C)CC(=O)[C@H]([C@@H](C)OCCCC=O)N(C)C(=O)CCC(=O)[C@H](CC)NC1=O.C=CCCCC(C)C. The quantitative estimate of drug-likeness (QED) is 0.0488. The van der Waals surface area contributed by atoms with E-state index in [1.165, 1.54) is 74.0 Å². The van der Waals surface area contributed by atoms with Crippen LogP contribution in [0.15, 0.2) is 24.8 Å². The lowest BCUT2D eigenvalue weighted by Crippen LogP contribution is -2.53. The highest BCUT2D eigenvalue weighted by molar-refractivity contribution is 5.99. The Bertz CT molecular complexity index is 2470. The summed E-state index contributed by atoms with van der Waals surface area (Å²) in [4.78, 5) is 176. The summed E-state index contributed by atoms with van der Waals surface area (Å²) in [5.41, 5.74) is 0. The minimum absolute atomic E-state index is 0.0694. The number of ether oxygens (including phenoxy) is 1. The van der Waals surface area contributed by atoms with Crippen molar-refractivity contribution < 1.29 is 67.4 Å². The van der Waals surface area contributed by atoms with Crippen LogP contribution in [0.2, 0.25) is 0 Å². The molecule has 20 heteroatoms. The van der Waals surface area contributed by atoms with E-state index >= 15 is 0 Å². The second-order valence-electron chi connectivity index (χ2n) is 29.1. The standard InChI is InChI=1S/C66H112N6O14.C8H16/c1-21-23-26-43(13)61(80)49-37-56(77)59(42(11)12)72(20)65(84)47(31-38(3)4)35-55(76)52(33-40(7)8)69(17)64(83)45(15)67-62(81)44(14)34-54(75)51(32-39(5)6)70(18)66(85)48(41(9)10)36-57(78)60(46(16)86-30-25-24-29-73)71(19)58(79)28-27-53(74)50(22-2)68-63(49)82;1-4-5-6-7-8(2)3/h21,23,29,38-52,59-61,80H,22,24-28,30-37H2,1-20H3,(H,67,81)(H,68,82);4,8H,1,5-7H2,2-3H3/b23-21+;/t43-,44-,45-,46-,47-,48+,49+,50+,51+,52+,59+,60+,61-;/m1./s1. The van der Waals surface area contributed by atoms with Gasteiger partial charge >= 0.3 is 0 Å². The van der Waals surface area contributed by atoms with E-state index in [0.29, 0.717) is 12.8 Å². The van der Waals surface area contributed by atoms with E-state index < -0.39 is 167 Å². The maximum atomic E-state index is 14.9. The second kappa shape index (κ2) is 44.9. The molecule has 3 N–H and O–H groups in total. The number of aldehydes is 1. The Hall–Kier alpha value is -5.76. The third-order valence-electron chi connectivity index (χ3n) is 18.1. The monoisotopic (exact) mass is 1320 g/mol. The molecule has 1 aliphatic rings. The van der Waals surface area contributed by atoms with Gasteiger partial charge in [0.1, 0.15) is 18.4 Å². The smallest absolute Gasteiger partial charge is 0.245 e. The molecule has 0 saturated carbocycles. The van der Waals surface area contributed by atoms with Crippen molar-refractivity contribution >= 4 is 70.6 Å². The number of carbonyl (C=O) groups is 12. The molecule has 1 heterocycles. The number of aliphatic hydroxyl groups excluding tert-OH is 1. The summed E-state index contributed by atoms with van der Waals surface area (Å²) >= 11 is 0. The highest BCUT2D eigenvalue weighted by Gasteiger charge is 2.43. The van der Waals surface area contributed by atoms with Gasteiger partial charge in [0.25, 0.3) is 0 Å². The fourth-order valence-corrected chi connectivity index (χ4v) is 12.4. The zero-order chi connectivity index (χ0) is 72.6. The van der Waals surface area contributed by atoms with Gasteiger partial charge in [-0.3, -0.25) is 52.7 Å². The van der Waals surface area contributed by atoms with E-state index in [0.717, 1.165) is 12.2 Å². The van der Waals surface area contributed by atoms with Crippen molar-refractivity contribution in [1.29, 1.82) is 0 Å². The van der Waals surface area contributed by atoms with Crippen LogP contribution in [0, 0.1) is 65.1 Å². The molecular weight excluding hydrogens is 1200 g/mol. The normalized spacial score (nSPS) is 25.6. The molecule has 1 fully saturated rings. The van der Waals surface area contributed by atoms with Crippen molar-refractivity contribution in [3.05, 3.63) is 24.8 Å². The van der Waals surface area contributed by atoms with Crippen LogP contribution in [0.4, 0.5) is 0 Å². The molecule has 0 aromatic heterocycles. The highest BCUT2D eigenvalue weighted by Crippen LogP contribution is 2.30. The molecule has 94 heavy (non-hydrogen) atoms. The number of unbranched alkanes of at least 4 members (excludes halogenated alkanes) is 2. The maximum Gasteiger partial charge on any atom is 0.245 e. The summed E-state index contributed by atoms with van der Waals surface area (Å²) < 4.78 is 6.04. The summed E-state index contributed by atoms with van der Waals surface area (Å²) in [7, 11) is 5.84. The first kappa shape index (κ1) is 88.2. The average Bonchev–Trinajstić information content (AvgIpc) is 0.837. The fraction of sp³-hybridized carbons (Fsp3) is 0.784. The number of rotatable bonds is 23. The fourth-order valence-electron chi connectivity index (χ4n) is 12.4. The number of nitrogens with one attached hydrogen (secondary N) is 2. The van der Waals surface area contributed by atoms with Gasteiger partial charge in [-0.2, -0.15) is 0 Å². The number of hydrogen-bond acceptors (Lipinski definition) is 14. The zero-order valence-corrected chi connectivity index (χ0v) is 62.1. The first-order chi connectivity index (χ1) is 43.8. The molecule has 1 rings (SSSR count). The van der Waals surface area contributed by atoms with Crippen LogP contribution < -0.4 is 10.6 Å². The van der Waals surface area contributed by atoms with Crippen molar-refractivity contribution in [2.24, 2.45) is 65.1 Å². The first-order valence-electron chi connectivity index (χ1n) is 35.0. The topological polar surface area (TPSA) is 271 Å². The van der Waals surface area contributed by atoms with Gasteiger partial charge in [-0.05, 0) is 114 Å². The van der Waals surface area contributed by atoms with E-state index in [2.05, 4.69) is 31.1 Å². The van der Waals surface area contributed by atoms with Crippen LogP contribution in [-0.4, -0.2) is 179 Å². The summed E-state index contributed by atoms with van der Waals surface area (Å²) in [5, 5.41) is 17.4. The van der Waals surface area contributed by atoms with Gasteiger partial charge < -0.3 is 44.9 Å². The third kappa shape index (κ3) is 30.1. The van der Waals surface area contributed by atoms with Crippen molar-refractivity contribution in [2.45, 2.75) is 276 Å². The predicted octanol–water partition coefficient (Wildman–Crippen LogP) is 10.2. The van der Waals surface area contributed by atoms with Crippen LogP contribution in [-0.2, 0) is 62.3 Å². The largest absolute Gasteiger partial charge is 0.392 e. The average molecular weight is 1330 g/mol. The van der Waals surface area contributed by atoms with E-state index in [1.807, 2.05) is 60.6 Å². The number of likely N-dealkylation sites (N-methyl/N-ethyl adjacent to an activating group) is 4. The summed E-state index contributed by atoms with van der Waals surface area (Å²) in [6.07, 6.45) is 7.20. The Morgan fingerprint density at radius 1 is 0.574 bits per heavy atom. The van der Waals surface area contributed by atoms with E-state index in [1.54, 1.807) is 61.5 Å². The van der Waals surface area contributed by atoms with Crippen LogP contribution in [0.3, 0.4) is 0 Å². The predicted molar refractivity (Wildman–Crippen MR) is 371 cm³/mol. The Kier molecular flexibility index (Phi) is 42.1. The van der Waals surface area contributed by atoms with Crippen molar-refractivity contribution in [3.63, 3.8) is 0 Å². The number of ketones is 5. The minimum Gasteiger partial charge on any atom is -0.392 e. The van der Waals surface area contributed by atoms with Gasteiger partial charge in [0.15, 0.2) is 28.9 Å². The second-order valence-corrected chi connectivity index (χ2v) is 29.1. The molecule has 0 bridgehead atoms. The molecule has 0 aromatic rings. The molecule has 1 aliphatic heterocycles.